The van der Waals surface area contributed by atoms with E-state index in [4.69, 9.17) is 0 Å². The van der Waals surface area contributed by atoms with Crippen molar-refractivity contribution < 1.29 is 9.90 Å². The number of nitrogens with zero attached hydrogens (tertiary/aromatic N) is 1. The van der Waals surface area contributed by atoms with Crippen molar-refractivity contribution >= 4 is 5.91 Å². The third-order valence-electron chi connectivity index (χ3n) is 3.98. The van der Waals surface area contributed by atoms with E-state index in [2.05, 4.69) is 24.2 Å². The molecule has 0 radical (unpaired) electrons. The quantitative estimate of drug-likeness (QED) is 0.797. The molecule has 0 heterocycles. The van der Waals surface area contributed by atoms with Crippen molar-refractivity contribution in [2.24, 2.45) is 0 Å². The number of likely N-dealkylation sites (N-methyl/N-ethyl adjacent to an activating group) is 1. The maximum absolute atomic E-state index is 11.8. The molecule has 4 heteroatoms. The number of hydrogen-bond acceptors (Lipinski definition) is 3. The van der Waals surface area contributed by atoms with Crippen LogP contribution in [-0.4, -0.2) is 41.6 Å². The van der Waals surface area contributed by atoms with E-state index in [9.17, 15) is 9.90 Å². The van der Waals surface area contributed by atoms with Gasteiger partial charge in [-0.1, -0.05) is 30.3 Å². The number of rotatable bonds is 7. The van der Waals surface area contributed by atoms with E-state index in [-0.39, 0.29) is 12.3 Å². The average Bonchev–Trinajstić information content (AvgIpc) is 3.29. The van der Waals surface area contributed by atoms with E-state index in [0.29, 0.717) is 18.6 Å². The van der Waals surface area contributed by atoms with Gasteiger partial charge >= 0.3 is 0 Å². The van der Waals surface area contributed by atoms with E-state index >= 15 is 0 Å². The minimum absolute atomic E-state index is 0.0996. The molecule has 0 saturated heterocycles. The Labute approximate surface area is 120 Å². The zero-order valence-electron chi connectivity index (χ0n) is 12.2. The zero-order valence-corrected chi connectivity index (χ0v) is 12.2. The van der Waals surface area contributed by atoms with Crippen molar-refractivity contribution in [3.05, 3.63) is 35.9 Å². The van der Waals surface area contributed by atoms with E-state index in [1.165, 1.54) is 12.8 Å². The summed E-state index contributed by atoms with van der Waals surface area (Å²) < 4.78 is 0. The monoisotopic (exact) mass is 276 g/mol. The fourth-order valence-electron chi connectivity index (χ4n) is 2.29. The van der Waals surface area contributed by atoms with Gasteiger partial charge in [0.2, 0.25) is 5.91 Å². The second-order valence-electron chi connectivity index (χ2n) is 5.68. The van der Waals surface area contributed by atoms with Crippen LogP contribution >= 0.6 is 0 Å². The summed E-state index contributed by atoms with van der Waals surface area (Å²) in [4.78, 5) is 14.2. The van der Waals surface area contributed by atoms with Crippen molar-refractivity contribution in [1.82, 2.24) is 10.2 Å². The van der Waals surface area contributed by atoms with E-state index in [1.54, 1.807) is 0 Å². The molecule has 110 valence electrons. The minimum Gasteiger partial charge on any atom is -0.388 e. The first-order chi connectivity index (χ1) is 9.58. The van der Waals surface area contributed by atoms with Gasteiger partial charge in [-0.25, -0.2) is 0 Å². The Kier molecular flexibility index (Phi) is 5.15. The third-order valence-corrected chi connectivity index (χ3v) is 3.98. The third kappa shape index (κ3) is 4.32. The molecule has 2 atom stereocenters. The van der Waals surface area contributed by atoms with Gasteiger partial charge in [-0.3, -0.25) is 9.69 Å². The lowest BCUT2D eigenvalue weighted by Crippen LogP contribution is -2.41. The van der Waals surface area contributed by atoms with E-state index < -0.39 is 6.10 Å². The summed E-state index contributed by atoms with van der Waals surface area (Å²) in [6.45, 7) is 2.75. The standard InChI is InChI=1S/C16H24N2O2/c1-12(18(2)14-8-9-14)11-17-16(20)10-15(19)13-6-4-3-5-7-13/h3-7,12,14-15,19H,8-11H2,1-2H3,(H,17,20). The van der Waals surface area contributed by atoms with E-state index in [0.717, 1.165) is 5.56 Å². The molecule has 1 saturated carbocycles. The number of aliphatic hydroxyl groups excluding tert-OH is 1. The van der Waals surface area contributed by atoms with Crippen molar-refractivity contribution in [3.63, 3.8) is 0 Å². The number of nitrogens with one attached hydrogen (secondary N) is 1. The van der Waals surface area contributed by atoms with Gasteiger partial charge in [0.05, 0.1) is 12.5 Å². The van der Waals surface area contributed by atoms with Crippen LogP contribution in [0.15, 0.2) is 30.3 Å². The summed E-state index contributed by atoms with van der Waals surface area (Å²) in [6.07, 6.45) is 1.92. The van der Waals surface area contributed by atoms with E-state index in [1.807, 2.05) is 30.3 Å². The van der Waals surface area contributed by atoms with Gasteiger partial charge in [0.15, 0.2) is 0 Å². The summed E-state index contributed by atoms with van der Waals surface area (Å²) in [5.74, 6) is -0.0996. The highest BCUT2D eigenvalue weighted by Crippen LogP contribution is 2.26. The smallest absolute Gasteiger partial charge is 0.223 e. The normalized spacial score (nSPS) is 17.8. The molecular formula is C16H24N2O2. The van der Waals surface area contributed by atoms with Crippen molar-refractivity contribution in [2.45, 2.75) is 44.4 Å². The first-order valence-corrected chi connectivity index (χ1v) is 7.29. The van der Waals surface area contributed by atoms with Gasteiger partial charge in [-0.05, 0) is 32.4 Å². The molecule has 0 spiro atoms. The molecule has 0 aliphatic heterocycles. The zero-order chi connectivity index (χ0) is 14.5. The molecule has 1 aliphatic carbocycles. The van der Waals surface area contributed by atoms with Crippen LogP contribution in [0.25, 0.3) is 0 Å². The Morgan fingerprint density at radius 2 is 2.05 bits per heavy atom. The highest BCUT2D eigenvalue weighted by molar-refractivity contribution is 5.76. The second kappa shape index (κ2) is 6.86. The number of benzene rings is 1. The lowest BCUT2D eigenvalue weighted by atomic mass is 10.1. The summed E-state index contributed by atoms with van der Waals surface area (Å²) in [5.41, 5.74) is 0.783. The lowest BCUT2D eigenvalue weighted by molar-refractivity contribution is -0.123. The Morgan fingerprint density at radius 1 is 1.40 bits per heavy atom. The highest BCUT2D eigenvalue weighted by Gasteiger charge is 2.29. The Balaban J connectivity index is 1.72. The molecule has 1 fully saturated rings. The van der Waals surface area contributed by atoms with Gasteiger partial charge in [-0.15, -0.1) is 0 Å². The molecule has 0 bridgehead atoms. The number of amides is 1. The maximum atomic E-state index is 11.8. The number of hydrogen-bond donors (Lipinski definition) is 2. The van der Waals surface area contributed by atoms with Gasteiger partial charge in [0, 0.05) is 18.6 Å². The molecule has 0 aromatic heterocycles. The van der Waals surface area contributed by atoms with Crippen molar-refractivity contribution in [1.29, 1.82) is 0 Å². The molecule has 1 aliphatic rings. The summed E-state index contributed by atoms with van der Waals surface area (Å²) in [5, 5.41) is 12.9. The van der Waals surface area contributed by atoms with Crippen LogP contribution in [0.2, 0.25) is 0 Å². The SMILES string of the molecule is CC(CNC(=O)CC(O)c1ccccc1)N(C)C1CC1. The van der Waals surface area contributed by atoms with Gasteiger partial charge in [0.25, 0.3) is 0 Å². The van der Waals surface area contributed by atoms with Crippen LogP contribution in [0, 0.1) is 0 Å². The largest absolute Gasteiger partial charge is 0.388 e. The second-order valence-corrected chi connectivity index (χ2v) is 5.68. The molecule has 2 rings (SSSR count). The molecule has 1 aromatic carbocycles. The predicted molar refractivity (Wildman–Crippen MR) is 79.3 cm³/mol. The van der Waals surface area contributed by atoms with Crippen LogP contribution < -0.4 is 5.32 Å². The first kappa shape index (κ1) is 15.0. The first-order valence-electron chi connectivity index (χ1n) is 7.29. The molecule has 1 aromatic rings. The van der Waals surface area contributed by atoms with Crippen LogP contribution in [0.1, 0.15) is 37.9 Å². The number of carbonyl (C=O) groups is 1. The fourth-order valence-corrected chi connectivity index (χ4v) is 2.29. The predicted octanol–water partition coefficient (Wildman–Crippen LogP) is 1.71. The van der Waals surface area contributed by atoms with Gasteiger partial charge in [-0.2, -0.15) is 0 Å². The topological polar surface area (TPSA) is 52.6 Å². The highest BCUT2D eigenvalue weighted by atomic mass is 16.3. The Morgan fingerprint density at radius 3 is 2.65 bits per heavy atom. The van der Waals surface area contributed by atoms with Crippen LogP contribution in [0.3, 0.4) is 0 Å². The summed E-state index contributed by atoms with van der Waals surface area (Å²) in [7, 11) is 2.10. The Bertz CT molecular complexity index is 431. The maximum Gasteiger partial charge on any atom is 0.223 e. The lowest BCUT2D eigenvalue weighted by Gasteiger charge is -2.24. The van der Waals surface area contributed by atoms with Crippen molar-refractivity contribution in [2.75, 3.05) is 13.6 Å². The number of carbonyl (C=O) groups excluding carboxylic acids is 1. The molecule has 20 heavy (non-hydrogen) atoms. The van der Waals surface area contributed by atoms with Gasteiger partial charge < -0.3 is 10.4 Å². The average molecular weight is 276 g/mol. The van der Waals surface area contributed by atoms with Crippen LogP contribution in [-0.2, 0) is 4.79 Å². The van der Waals surface area contributed by atoms with Crippen LogP contribution in [0.4, 0.5) is 0 Å². The summed E-state index contributed by atoms with van der Waals surface area (Å²) in [6, 6.07) is 10.3. The summed E-state index contributed by atoms with van der Waals surface area (Å²) >= 11 is 0. The minimum atomic E-state index is -0.729. The molecule has 2 unspecified atom stereocenters. The van der Waals surface area contributed by atoms with Crippen LogP contribution in [0.5, 0.6) is 0 Å². The fraction of sp³-hybridized carbons (Fsp3) is 0.562. The molecular weight excluding hydrogens is 252 g/mol. The number of aliphatic hydroxyl groups is 1. The Hall–Kier alpha value is -1.39. The molecule has 2 N–H and O–H groups in total. The molecule has 4 nitrogen and oxygen atoms in total. The molecule has 1 amide bonds. The van der Waals surface area contributed by atoms with Crippen molar-refractivity contribution in [3.8, 4) is 0 Å². The van der Waals surface area contributed by atoms with Gasteiger partial charge in [0.1, 0.15) is 0 Å².